The van der Waals surface area contributed by atoms with Gasteiger partial charge in [0, 0.05) is 22.0 Å². The predicted molar refractivity (Wildman–Crippen MR) is 165 cm³/mol. The molecule has 222 valence electrons. The van der Waals surface area contributed by atoms with Crippen LogP contribution in [-0.4, -0.2) is 42.1 Å². The molecule has 6 nitrogen and oxygen atoms in total. The third-order valence-corrected chi connectivity index (χ3v) is 11.5. The fourth-order valence-electron chi connectivity index (χ4n) is 6.45. The number of amides is 1. The summed E-state index contributed by atoms with van der Waals surface area (Å²) in [6.07, 6.45) is 1.72. The van der Waals surface area contributed by atoms with Crippen molar-refractivity contribution in [2.75, 3.05) is 5.75 Å². The van der Waals surface area contributed by atoms with Crippen LogP contribution >= 0.6 is 34.8 Å². The first kappa shape index (κ1) is 30.9. The van der Waals surface area contributed by atoms with Gasteiger partial charge in [-0.15, -0.1) is 0 Å². The van der Waals surface area contributed by atoms with Gasteiger partial charge in [0.15, 0.2) is 9.84 Å². The molecule has 1 aliphatic heterocycles. The largest absolute Gasteiger partial charge is 0.481 e. The summed E-state index contributed by atoms with van der Waals surface area (Å²) < 4.78 is 27.8. The summed E-state index contributed by atoms with van der Waals surface area (Å²) in [6, 6.07) is 19.6. The van der Waals surface area contributed by atoms with E-state index >= 15 is 0 Å². The molecule has 0 spiro atoms. The molecule has 1 aliphatic carbocycles. The number of halogens is 3. The molecule has 3 aromatic rings. The van der Waals surface area contributed by atoms with E-state index in [1.165, 1.54) is 12.1 Å². The van der Waals surface area contributed by atoms with Crippen LogP contribution in [0.25, 0.3) is 0 Å². The first-order chi connectivity index (χ1) is 20.0. The topological polar surface area (TPSA) is 91.8 Å². The zero-order chi connectivity index (χ0) is 30.2. The van der Waals surface area contributed by atoms with Crippen LogP contribution in [0.2, 0.25) is 15.1 Å². The number of sulfone groups is 1. The highest BCUT2D eigenvalue weighted by molar-refractivity contribution is 7.91. The molecule has 0 aromatic heterocycles. The summed E-state index contributed by atoms with van der Waals surface area (Å²) in [5, 5.41) is 11.2. The Morgan fingerprint density at radius 2 is 1.67 bits per heavy atom. The van der Waals surface area contributed by atoms with Crippen LogP contribution < -0.4 is 0 Å². The predicted octanol–water partition coefficient (Wildman–Crippen LogP) is 7.83. The molecule has 4 atom stereocenters. The van der Waals surface area contributed by atoms with Crippen molar-refractivity contribution < 1.29 is 23.1 Å². The van der Waals surface area contributed by atoms with Gasteiger partial charge in [0.2, 0.25) is 5.91 Å². The Morgan fingerprint density at radius 3 is 2.26 bits per heavy atom. The number of carbonyl (C=O) groups is 2. The summed E-state index contributed by atoms with van der Waals surface area (Å²) in [6.45, 7) is 1.82. The molecular formula is C32H32Cl3NO5S. The second-order valence-corrected chi connectivity index (χ2v) is 14.7. The van der Waals surface area contributed by atoms with Crippen LogP contribution in [0.3, 0.4) is 0 Å². The van der Waals surface area contributed by atoms with E-state index in [2.05, 4.69) is 0 Å². The molecule has 0 radical (unpaired) electrons. The molecule has 0 bridgehead atoms. The monoisotopic (exact) mass is 647 g/mol. The first-order valence-electron chi connectivity index (χ1n) is 14.0. The van der Waals surface area contributed by atoms with Gasteiger partial charge in [0.1, 0.15) is 0 Å². The Kier molecular flexibility index (Phi) is 8.96. The number of benzene rings is 3. The molecule has 42 heavy (non-hydrogen) atoms. The van der Waals surface area contributed by atoms with Gasteiger partial charge in [0.25, 0.3) is 0 Å². The van der Waals surface area contributed by atoms with E-state index in [0.29, 0.717) is 10.0 Å². The second kappa shape index (κ2) is 12.2. The van der Waals surface area contributed by atoms with Crippen molar-refractivity contribution in [3.05, 3.63) is 99.0 Å². The Labute approximate surface area is 261 Å². The zero-order valence-corrected chi connectivity index (χ0v) is 26.1. The molecule has 1 heterocycles. The standard InChI is InChI=1S/C32H32Cl3NO5S/c1-2-32(18-29(37)38)17-25(22-6-5-7-24(34)16-22)30(21-12-14-23(33)15-13-21)36(31(32)39)27(20-10-11-20)19-42(40,41)28-9-4-3-8-26(28)35/h3-9,12-16,20,25,27,30H,2,10-11,17-19H2,1H3,(H,37,38)/t25-,27?,30-,32-/m1/s1. The van der Waals surface area contributed by atoms with Crippen molar-refractivity contribution >= 4 is 56.5 Å². The number of aliphatic carboxylic acids is 1. The van der Waals surface area contributed by atoms with E-state index in [-0.39, 0.29) is 52.7 Å². The van der Waals surface area contributed by atoms with Gasteiger partial charge in [-0.1, -0.05) is 78.1 Å². The van der Waals surface area contributed by atoms with Crippen molar-refractivity contribution in [1.82, 2.24) is 4.90 Å². The minimum Gasteiger partial charge on any atom is -0.481 e. The van der Waals surface area contributed by atoms with Gasteiger partial charge in [-0.2, -0.15) is 0 Å². The Hall–Kier alpha value is -2.58. The van der Waals surface area contributed by atoms with E-state index in [1.54, 1.807) is 35.2 Å². The molecule has 1 saturated carbocycles. The molecule has 5 rings (SSSR count). The summed E-state index contributed by atoms with van der Waals surface area (Å²) in [5.41, 5.74) is 0.411. The smallest absolute Gasteiger partial charge is 0.304 e. The minimum absolute atomic E-state index is 0.0171. The number of rotatable bonds is 10. The molecule has 2 aliphatic rings. The summed E-state index contributed by atoms with van der Waals surface area (Å²) in [7, 11) is -3.92. The molecule has 10 heteroatoms. The maximum Gasteiger partial charge on any atom is 0.304 e. The molecular weight excluding hydrogens is 617 g/mol. The molecule has 1 saturated heterocycles. The molecule has 3 aromatic carbocycles. The summed E-state index contributed by atoms with van der Waals surface area (Å²) in [5.74, 6) is -2.15. The number of piperidine rings is 1. The maximum absolute atomic E-state index is 14.8. The van der Waals surface area contributed by atoms with Crippen LogP contribution in [0.4, 0.5) is 0 Å². The lowest BCUT2D eigenvalue weighted by Crippen LogP contribution is -2.58. The number of carboxylic acid groups (broad SMARTS) is 1. The van der Waals surface area contributed by atoms with E-state index in [1.807, 2.05) is 37.3 Å². The van der Waals surface area contributed by atoms with Crippen molar-refractivity contribution in [2.24, 2.45) is 11.3 Å². The normalized spacial score (nSPS) is 23.5. The van der Waals surface area contributed by atoms with E-state index in [0.717, 1.165) is 24.0 Å². The van der Waals surface area contributed by atoms with E-state index < -0.39 is 33.3 Å². The SMILES string of the molecule is CC[C@]1(CC(=O)O)C[C@H](c2cccc(Cl)c2)[C@@H](c2ccc(Cl)cc2)N(C(CS(=O)(=O)c2ccccc2Cl)C2CC2)C1=O. The van der Waals surface area contributed by atoms with Gasteiger partial charge in [-0.05, 0) is 79.1 Å². The van der Waals surface area contributed by atoms with Gasteiger partial charge < -0.3 is 10.0 Å². The van der Waals surface area contributed by atoms with Crippen LogP contribution in [0, 0.1) is 11.3 Å². The molecule has 1 amide bonds. The highest BCUT2D eigenvalue weighted by atomic mass is 35.5. The molecule has 1 N–H and O–H groups in total. The maximum atomic E-state index is 14.8. The van der Waals surface area contributed by atoms with E-state index in [4.69, 9.17) is 34.8 Å². The first-order valence-corrected chi connectivity index (χ1v) is 16.8. The number of carboxylic acids is 1. The van der Waals surface area contributed by atoms with Crippen molar-refractivity contribution in [3.8, 4) is 0 Å². The van der Waals surface area contributed by atoms with Crippen LogP contribution in [-0.2, 0) is 19.4 Å². The van der Waals surface area contributed by atoms with Crippen molar-refractivity contribution in [1.29, 1.82) is 0 Å². The highest BCUT2D eigenvalue weighted by Gasteiger charge is 2.56. The van der Waals surface area contributed by atoms with Gasteiger partial charge in [-0.25, -0.2) is 8.42 Å². The zero-order valence-electron chi connectivity index (χ0n) is 23.0. The average molecular weight is 649 g/mol. The fraction of sp³-hybridized carbons (Fsp3) is 0.375. The Morgan fingerprint density at radius 1 is 0.976 bits per heavy atom. The number of nitrogens with zero attached hydrogens (tertiary/aromatic N) is 1. The third kappa shape index (κ3) is 6.21. The van der Waals surface area contributed by atoms with Crippen molar-refractivity contribution in [2.45, 2.75) is 61.9 Å². The Bertz CT molecular complexity index is 1590. The number of hydrogen-bond donors (Lipinski definition) is 1. The molecule has 1 unspecified atom stereocenters. The van der Waals surface area contributed by atoms with Crippen LogP contribution in [0.1, 0.15) is 62.1 Å². The summed E-state index contributed by atoms with van der Waals surface area (Å²) in [4.78, 5) is 28.7. The molecule has 2 fully saturated rings. The number of carbonyl (C=O) groups excluding carboxylic acids is 1. The second-order valence-electron chi connectivity index (χ2n) is 11.4. The van der Waals surface area contributed by atoms with Gasteiger partial charge in [0.05, 0.1) is 33.5 Å². The van der Waals surface area contributed by atoms with E-state index in [9.17, 15) is 23.1 Å². The highest BCUT2D eigenvalue weighted by Crippen LogP contribution is 2.55. The van der Waals surface area contributed by atoms with Crippen molar-refractivity contribution in [3.63, 3.8) is 0 Å². The third-order valence-electron chi connectivity index (χ3n) is 8.72. The van der Waals surface area contributed by atoms with Crippen LogP contribution in [0.5, 0.6) is 0 Å². The number of hydrogen-bond acceptors (Lipinski definition) is 4. The Balaban J connectivity index is 1.72. The summed E-state index contributed by atoms with van der Waals surface area (Å²) >= 11 is 19.0. The minimum atomic E-state index is -3.92. The average Bonchev–Trinajstić information content (AvgIpc) is 3.79. The lowest BCUT2D eigenvalue weighted by molar-refractivity contribution is -0.162. The van der Waals surface area contributed by atoms with Gasteiger partial charge in [-0.3, -0.25) is 9.59 Å². The van der Waals surface area contributed by atoms with Gasteiger partial charge >= 0.3 is 5.97 Å². The lowest BCUT2D eigenvalue weighted by Gasteiger charge is -2.53. The fourth-order valence-corrected chi connectivity index (χ4v) is 8.98. The number of likely N-dealkylation sites (tertiary alicyclic amines) is 1. The quantitative estimate of drug-likeness (QED) is 0.242. The van der Waals surface area contributed by atoms with Crippen LogP contribution in [0.15, 0.2) is 77.7 Å². The lowest BCUT2D eigenvalue weighted by atomic mass is 9.65.